The summed E-state index contributed by atoms with van der Waals surface area (Å²) in [6, 6.07) is 4.14. The first-order valence-electron chi connectivity index (χ1n) is 5.20. The van der Waals surface area contributed by atoms with Crippen molar-refractivity contribution in [2.24, 2.45) is 0 Å². The summed E-state index contributed by atoms with van der Waals surface area (Å²) in [6.07, 6.45) is 0. The molecule has 4 nitrogen and oxygen atoms in total. The van der Waals surface area contributed by atoms with E-state index in [1.807, 2.05) is 0 Å². The maximum atomic E-state index is 13.5. The zero-order chi connectivity index (χ0) is 13.4. The summed E-state index contributed by atoms with van der Waals surface area (Å²) in [5.74, 6) is -0.480. The maximum absolute atomic E-state index is 13.5. The van der Waals surface area contributed by atoms with Gasteiger partial charge in [0.05, 0.1) is 11.3 Å². The molecule has 94 valence electrons. The molecule has 0 fully saturated rings. The van der Waals surface area contributed by atoms with Crippen LogP contribution in [0.15, 0.2) is 27.8 Å². The highest BCUT2D eigenvalue weighted by Crippen LogP contribution is 2.11. The van der Waals surface area contributed by atoms with E-state index >= 15 is 0 Å². The maximum Gasteiger partial charge on any atom is 0.334 e. The average molecular weight is 269 g/mol. The normalized spacial score (nSPS) is 10.7. The summed E-state index contributed by atoms with van der Waals surface area (Å²) in [7, 11) is 0. The second-order valence-electron chi connectivity index (χ2n) is 3.94. The highest BCUT2D eigenvalue weighted by atomic mass is 35.5. The molecule has 0 amide bonds. The van der Waals surface area contributed by atoms with Crippen LogP contribution in [-0.4, -0.2) is 9.55 Å². The molecule has 0 bridgehead atoms. The Morgan fingerprint density at radius 2 is 1.94 bits per heavy atom. The van der Waals surface area contributed by atoms with E-state index in [1.54, 1.807) is 6.92 Å². The number of hydrogen-bond acceptors (Lipinski definition) is 2. The van der Waals surface area contributed by atoms with Crippen LogP contribution in [0.3, 0.4) is 0 Å². The Kier molecular flexibility index (Phi) is 3.09. The van der Waals surface area contributed by atoms with Crippen molar-refractivity contribution in [2.45, 2.75) is 13.8 Å². The summed E-state index contributed by atoms with van der Waals surface area (Å²) < 4.78 is 14.3. The smallest absolute Gasteiger partial charge is 0.297 e. The molecule has 0 saturated heterocycles. The highest BCUT2D eigenvalue weighted by molar-refractivity contribution is 6.30. The molecule has 0 radical (unpaired) electrons. The number of hydrogen-bond donors (Lipinski definition) is 1. The lowest BCUT2D eigenvalue weighted by atomic mass is 10.2. The van der Waals surface area contributed by atoms with Gasteiger partial charge in [-0.15, -0.1) is 0 Å². The first kappa shape index (κ1) is 12.6. The predicted octanol–water partition coefficient (Wildman–Crippen LogP) is 1.94. The van der Waals surface area contributed by atoms with E-state index in [0.717, 1.165) is 10.6 Å². The van der Waals surface area contributed by atoms with Crippen LogP contribution in [0.4, 0.5) is 4.39 Å². The van der Waals surface area contributed by atoms with Gasteiger partial charge < -0.3 is 0 Å². The Hall–Kier alpha value is -1.88. The van der Waals surface area contributed by atoms with Crippen molar-refractivity contribution < 1.29 is 4.39 Å². The van der Waals surface area contributed by atoms with Gasteiger partial charge in [-0.25, -0.2) is 13.8 Å². The predicted molar refractivity (Wildman–Crippen MR) is 67.1 cm³/mol. The van der Waals surface area contributed by atoms with E-state index in [0.29, 0.717) is 5.56 Å². The van der Waals surface area contributed by atoms with Crippen LogP contribution in [0.5, 0.6) is 0 Å². The summed E-state index contributed by atoms with van der Waals surface area (Å²) in [4.78, 5) is 26.0. The monoisotopic (exact) mass is 268 g/mol. The fourth-order valence-electron chi connectivity index (χ4n) is 1.55. The number of aryl methyl sites for hydroxylation is 1. The minimum Gasteiger partial charge on any atom is -0.297 e. The lowest BCUT2D eigenvalue weighted by Crippen LogP contribution is -2.35. The molecule has 2 aromatic rings. The van der Waals surface area contributed by atoms with Gasteiger partial charge >= 0.3 is 5.69 Å². The van der Waals surface area contributed by atoms with Crippen LogP contribution in [-0.2, 0) is 0 Å². The summed E-state index contributed by atoms with van der Waals surface area (Å²) >= 11 is 5.69. The number of rotatable bonds is 1. The van der Waals surface area contributed by atoms with Gasteiger partial charge in [0.1, 0.15) is 11.0 Å². The Morgan fingerprint density at radius 3 is 2.56 bits per heavy atom. The summed E-state index contributed by atoms with van der Waals surface area (Å²) in [5, 5.41) is -0.00571. The first-order valence-corrected chi connectivity index (χ1v) is 5.57. The molecule has 0 aliphatic carbocycles. The number of benzene rings is 1. The third-order valence-corrected chi connectivity index (χ3v) is 3.06. The molecule has 0 aliphatic heterocycles. The van der Waals surface area contributed by atoms with Crippen LogP contribution in [0.25, 0.3) is 5.69 Å². The Balaban J connectivity index is 2.80. The molecule has 0 saturated carbocycles. The Morgan fingerprint density at radius 1 is 1.28 bits per heavy atom. The van der Waals surface area contributed by atoms with Crippen molar-refractivity contribution in [3.05, 3.63) is 61.1 Å². The van der Waals surface area contributed by atoms with E-state index in [4.69, 9.17) is 11.6 Å². The van der Waals surface area contributed by atoms with Gasteiger partial charge in [0, 0.05) is 0 Å². The van der Waals surface area contributed by atoms with E-state index in [1.165, 1.54) is 19.1 Å². The molecule has 0 atom stereocenters. The van der Waals surface area contributed by atoms with Crippen LogP contribution < -0.4 is 11.2 Å². The third kappa shape index (κ3) is 1.97. The molecule has 18 heavy (non-hydrogen) atoms. The molecular weight excluding hydrogens is 259 g/mol. The van der Waals surface area contributed by atoms with Gasteiger partial charge in [-0.3, -0.25) is 9.78 Å². The minimum absolute atomic E-state index is 0.00571. The number of aromatic nitrogens is 2. The quantitative estimate of drug-likeness (QED) is 0.804. The molecule has 1 heterocycles. The Labute approximate surface area is 107 Å². The fourth-order valence-corrected chi connectivity index (χ4v) is 1.71. The van der Waals surface area contributed by atoms with Crippen LogP contribution in [0, 0.1) is 19.7 Å². The number of nitrogens with one attached hydrogen (secondary N) is 1. The van der Waals surface area contributed by atoms with Gasteiger partial charge in [-0.2, -0.15) is 0 Å². The van der Waals surface area contributed by atoms with Gasteiger partial charge in [0.25, 0.3) is 5.56 Å². The van der Waals surface area contributed by atoms with Gasteiger partial charge in [-0.1, -0.05) is 17.7 Å². The van der Waals surface area contributed by atoms with Crippen molar-refractivity contribution in [2.75, 3.05) is 0 Å². The molecule has 1 aromatic heterocycles. The Bertz CT molecular complexity index is 734. The van der Waals surface area contributed by atoms with Crippen LogP contribution >= 0.6 is 11.6 Å². The number of aromatic amines is 1. The SMILES string of the molecule is Cc1ccc(-n2c(=O)[nH]c(Cl)c(C)c2=O)cc1F. The molecule has 2 rings (SSSR count). The molecule has 1 N–H and O–H groups in total. The highest BCUT2D eigenvalue weighted by Gasteiger charge is 2.11. The van der Waals surface area contributed by atoms with E-state index < -0.39 is 17.1 Å². The second-order valence-corrected chi connectivity index (χ2v) is 4.32. The molecule has 0 spiro atoms. The number of nitrogens with zero attached hydrogens (tertiary/aromatic N) is 1. The molecule has 6 heteroatoms. The first-order chi connectivity index (χ1) is 8.41. The molecular formula is C12H10ClFN2O2. The fraction of sp³-hybridized carbons (Fsp3) is 0.167. The van der Waals surface area contributed by atoms with Gasteiger partial charge in [0.15, 0.2) is 0 Å². The summed E-state index contributed by atoms with van der Waals surface area (Å²) in [6.45, 7) is 3.08. The van der Waals surface area contributed by atoms with Crippen LogP contribution in [0.2, 0.25) is 5.15 Å². The van der Waals surface area contributed by atoms with Crippen molar-refractivity contribution in [3.8, 4) is 5.69 Å². The zero-order valence-corrected chi connectivity index (χ0v) is 10.5. The van der Waals surface area contributed by atoms with Crippen molar-refractivity contribution >= 4 is 11.6 Å². The standard InChI is InChI=1S/C12H10ClFN2O2/c1-6-3-4-8(5-9(6)14)16-11(17)7(2)10(13)15-12(16)18/h3-5H,1-2H3,(H,15,18). The number of H-pyrrole nitrogens is 1. The zero-order valence-electron chi connectivity index (χ0n) is 9.75. The van der Waals surface area contributed by atoms with E-state index in [-0.39, 0.29) is 16.4 Å². The van der Waals surface area contributed by atoms with E-state index in [9.17, 15) is 14.0 Å². The van der Waals surface area contributed by atoms with Crippen LogP contribution in [0.1, 0.15) is 11.1 Å². The van der Waals surface area contributed by atoms with E-state index in [2.05, 4.69) is 4.98 Å². The van der Waals surface area contributed by atoms with Crippen molar-refractivity contribution in [1.82, 2.24) is 9.55 Å². The number of halogens is 2. The minimum atomic E-state index is -0.696. The van der Waals surface area contributed by atoms with Crippen molar-refractivity contribution in [3.63, 3.8) is 0 Å². The summed E-state index contributed by atoms with van der Waals surface area (Å²) in [5.41, 5.74) is -0.443. The lowest BCUT2D eigenvalue weighted by Gasteiger charge is -2.07. The topological polar surface area (TPSA) is 54.9 Å². The van der Waals surface area contributed by atoms with Crippen molar-refractivity contribution in [1.29, 1.82) is 0 Å². The lowest BCUT2D eigenvalue weighted by molar-refractivity contribution is 0.616. The average Bonchev–Trinajstić information content (AvgIpc) is 2.31. The largest absolute Gasteiger partial charge is 0.334 e. The van der Waals surface area contributed by atoms with Gasteiger partial charge in [0.2, 0.25) is 0 Å². The second kappa shape index (κ2) is 4.42. The van der Waals surface area contributed by atoms with Gasteiger partial charge in [-0.05, 0) is 31.5 Å². The molecule has 0 unspecified atom stereocenters. The molecule has 1 aromatic carbocycles. The molecule has 0 aliphatic rings. The third-order valence-electron chi connectivity index (χ3n) is 2.69.